The lowest BCUT2D eigenvalue weighted by Gasteiger charge is -2.20. The van der Waals surface area contributed by atoms with E-state index in [9.17, 15) is 8.42 Å². The van der Waals surface area contributed by atoms with Crippen LogP contribution >= 0.6 is 11.3 Å². The monoisotopic (exact) mass is 483 g/mol. The van der Waals surface area contributed by atoms with Crippen LogP contribution in [0.4, 0.5) is 5.69 Å². The molecule has 0 spiro atoms. The zero-order valence-electron chi connectivity index (χ0n) is 19.3. The van der Waals surface area contributed by atoms with Crippen molar-refractivity contribution in [2.75, 3.05) is 13.1 Å². The van der Waals surface area contributed by atoms with Crippen molar-refractivity contribution in [3.05, 3.63) is 64.8 Å². The molecular formula is C26H33N3O2S2. The van der Waals surface area contributed by atoms with Gasteiger partial charge >= 0.3 is 0 Å². The fourth-order valence-electron chi connectivity index (χ4n) is 4.23. The van der Waals surface area contributed by atoms with E-state index < -0.39 is 10.0 Å². The number of para-hydroxylation sites is 1. The van der Waals surface area contributed by atoms with Gasteiger partial charge in [0, 0.05) is 25.0 Å². The minimum absolute atomic E-state index is 0.384. The number of benzene rings is 2. The fourth-order valence-corrected chi connectivity index (χ4v) is 6.70. The molecule has 1 aliphatic heterocycles. The molecule has 1 saturated heterocycles. The second-order valence-electron chi connectivity index (χ2n) is 8.55. The normalized spacial score (nSPS) is 16.1. The Balaban J connectivity index is 1.65. The molecule has 1 aromatic heterocycles. The number of rotatable bonds is 8. The van der Waals surface area contributed by atoms with Gasteiger partial charge in [-0.25, -0.2) is 13.4 Å². The smallest absolute Gasteiger partial charge is 0.243 e. The first-order valence-corrected chi connectivity index (χ1v) is 14.3. The molecule has 0 saturated carbocycles. The molecule has 176 valence electrons. The van der Waals surface area contributed by atoms with E-state index in [1.807, 2.05) is 42.5 Å². The molecule has 1 aliphatic rings. The molecular weight excluding hydrogens is 450 g/mol. The van der Waals surface area contributed by atoms with E-state index in [2.05, 4.69) is 16.9 Å². The molecule has 7 heteroatoms. The highest BCUT2D eigenvalue weighted by atomic mass is 32.2. The van der Waals surface area contributed by atoms with E-state index in [4.69, 9.17) is 4.99 Å². The number of sulfonamides is 1. The number of unbranched alkanes of at least 4 members (excludes halogenated alkanes) is 2. The van der Waals surface area contributed by atoms with Crippen molar-refractivity contribution in [1.29, 1.82) is 0 Å². The molecule has 0 atom stereocenters. The van der Waals surface area contributed by atoms with Crippen LogP contribution in [-0.2, 0) is 16.6 Å². The second-order valence-corrected chi connectivity index (χ2v) is 11.3. The zero-order chi connectivity index (χ0) is 23.1. The first-order chi connectivity index (χ1) is 16.1. The summed E-state index contributed by atoms with van der Waals surface area (Å²) in [6.45, 7) is 4.34. The van der Waals surface area contributed by atoms with Gasteiger partial charge in [-0.2, -0.15) is 4.31 Å². The molecule has 3 aromatic rings. The van der Waals surface area contributed by atoms with Crippen molar-refractivity contribution in [2.45, 2.75) is 63.3 Å². The number of nitrogens with zero attached hydrogens (tertiary/aromatic N) is 3. The van der Waals surface area contributed by atoms with Gasteiger partial charge in [-0.3, -0.25) is 0 Å². The van der Waals surface area contributed by atoms with Crippen LogP contribution in [0.3, 0.4) is 0 Å². The van der Waals surface area contributed by atoms with Gasteiger partial charge in [-0.05, 0) is 49.1 Å². The molecule has 4 rings (SSSR count). The lowest BCUT2D eigenvalue weighted by atomic mass is 10.1. The summed E-state index contributed by atoms with van der Waals surface area (Å²) in [6.07, 6.45) is 7.52. The minimum Gasteiger partial charge on any atom is -0.316 e. The Morgan fingerprint density at radius 2 is 1.61 bits per heavy atom. The van der Waals surface area contributed by atoms with Crippen LogP contribution in [0.2, 0.25) is 0 Å². The fraction of sp³-hybridized carbons (Fsp3) is 0.423. The molecule has 0 bridgehead atoms. The average Bonchev–Trinajstić information content (AvgIpc) is 3.03. The molecule has 0 N–H and O–H groups in total. The molecule has 2 aromatic carbocycles. The van der Waals surface area contributed by atoms with Crippen LogP contribution in [0.15, 0.2) is 69.9 Å². The zero-order valence-corrected chi connectivity index (χ0v) is 21.0. The van der Waals surface area contributed by atoms with E-state index in [0.29, 0.717) is 18.0 Å². The predicted octanol–water partition coefficient (Wildman–Crippen LogP) is 6.20. The summed E-state index contributed by atoms with van der Waals surface area (Å²) in [7, 11) is -3.44. The van der Waals surface area contributed by atoms with Crippen LogP contribution in [0.1, 0.15) is 51.9 Å². The second kappa shape index (κ2) is 11.3. The third-order valence-corrected chi connectivity index (χ3v) is 8.89. The molecule has 0 amide bonds. The molecule has 0 unspecified atom stereocenters. The van der Waals surface area contributed by atoms with Crippen LogP contribution in [0.5, 0.6) is 0 Å². The highest BCUT2D eigenvalue weighted by Gasteiger charge is 2.25. The van der Waals surface area contributed by atoms with E-state index in [-0.39, 0.29) is 0 Å². The Morgan fingerprint density at radius 3 is 2.27 bits per heavy atom. The van der Waals surface area contributed by atoms with E-state index in [1.54, 1.807) is 27.8 Å². The van der Waals surface area contributed by atoms with Crippen molar-refractivity contribution in [1.82, 2.24) is 8.87 Å². The summed E-state index contributed by atoms with van der Waals surface area (Å²) in [5.41, 5.74) is 3.05. The first kappa shape index (κ1) is 23.9. The Bertz CT molecular complexity index is 1190. The van der Waals surface area contributed by atoms with Crippen molar-refractivity contribution >= 4 is 27.0 Å². The highest BCUT2D eigenvalue weighted by Crippen LogP contribution is 2.26. The predicted molar refractivity (Wildman–Crippen MR) is 136 cm³/mol. The summed E-state index contributed by atoms with van der Waals surface area (Å²) in [5.74, 6) is 0. The average molecular weight is 484 g/mol. The van der Waals surface area contributed by atoms with E-state index in [1.165, 1.54) is 6.42 Å². The van der Waals surface area contributed by atoms with Gasteiger partial charge in [0.15, 0.2) is 4.80 Å². The van der Waals surface area contributed by atoms with Gasteiger partial charge in [0.05, 0.1) is 16.3 Å². The van der Waals surface area contributed by atoms with E-state index >= 15 is 0 Å². The molecule has 1 fully saturated rings. The van der Waals surface area contributed by atoms with Crippen molar-refractivity contribution in [2.24, 2.45) is 4.99 Å². The lowest BCUT2D eigenvalue weighted by Crippen LogP contribution is -2.31. The van der Waals surface area contributed by atoms with Crippen molar-refractivity contribution in [3.8, 4) is 11.3 Å². The summed E-state index contributed by atoms with van der Waals surface area (Å²) in [4.78, 5) is 6.22. The maximum absolute atomic E-state index is 13.1. The third-order valence-electron chi connectivity index (χ3n) is 6.12. The molecule has 0 radical (unpaired) electrons. The Hall–Kier alpha value is -2.22. The van der Waals surface area contributed by atoms with Gasteiger partial charge in [-0.1, -0.05) is 62.9 Å². The molecule has 0 aliphatic carbocycles. The molecule has 5 nitrogen and oxygen atoms in total. The van der Waals surface area contributed by atoms with Crippen LogP contribution in [0.25, 0.3) is 11.3 Å². The maximum atomic E-state index is 13.1. The summed E-state index contributed by atoms with van der Waals surface area (Å²) < 4.78 is 30.2. The number of hydrogen-bond donors (Lipinski definition) is 0. The van der Waals surface area contributed by atoms with Crippen molar-refractivity contribution < 1.29 is 8.42 Å². The van der Waals surface area contributed by atoms with Crippen molar-refractivity contribution in [3.63, 3.8) is 0 Å². The van der Waals surface area contributed by atoms with Gasteiger partial charge in [0.25, 0.3) is 0 Å². The summed E-state index contributed by atoms with van der Waals surface area (Å²) in [5, 5.41) is 2.13. The standard InChI is InChI=1S/C26H33N3O2S2/c1-2-3-9-20-29-25(21-32-26(29)27-23-12-7-6-8-13-23)22-14-16-24(17-15-22)33(30,31)28-18-10-4-5-11-19-28/h6-8,12-17,21H,2-5,9-11,18-20H2,1H3. The maximum Gasteiger partial charge on any atom is 0.243 e. The number of aromatic nitrogens is 1. The van der Waals surface area contributed by atoms with Gasteiger partial charge in [0.2, 0.25) is 10.0 Å². The van der Waals surface area contributed by atoms with Gasteiger partial charge in [-0.15, -0.1) is 11.3 Å². The third kappa shape index (κ3) is 5.83. The minimum atomic E-state index is -3.44. The van der Waals surface area contributed by atoms with Gasteiger partial charge < -0.3 is 4.57 Å². The van der Waals surface area contributed by atoms with Crippen LogP contribution in [0, 0.1) is 0 Å². The Labute approximate surface area is 201 Å². The van der Waals surface area contributed by atoms with Gasteiger partial charge in [0.1, 0.15) is 0 Å². The topological polar surface area (TPSA) is 54.7 Å². The quantitative estimate of drug-likeness (QED) is 0.358. The molecule has 2 heterocycles. The lowest BCUT2D eigenvalue weighted by molar-refractivity contribution is 0.424. The van der Waals surface area contributed by atoms with Crippen LogP contribution < -0.4 is 4.80 Å². The summed E-state index contributed by atoms with van der Waals surface area (Å²) >= 11 is 1.63. The summed E-state index contributed by atoms with van der Waals surface area (Å²) in [6, 6.07) is 17.4. The molecule has 33 heavy (non-hydrogen) atoms. The Kier molecular flexibility index (Phi) is 8.17. The number of hydrogen-bond acceptors (Lipinski definition) is 4. The highest BCUT2D eigenvalue weighted by molar-refractivity contribution is 7.89. The van der Waals surface area contributed by atoms with Crippen LogP contribution in [-0.4, -0.2) is 30.4 Å². The largest absolute Gasteiger partial charge is 0.316 e. The first-order valence-electron chi connectivity index (χ1n) is 12.0. The Morgan fingerprint density at radius 1 is 0.909 bits per heavy atom. The SMILES string of the molecule is CCCCCn1c(-c2ccc(S(=O)(=O)N3CCCCCC3)cc2)csc1=Nc1ccccc1. The number of thiazole rings is 1. The van der Waals surface area contributed by atoms with E-state index in [0.717, 1.165) is 66.8 Å².